The van der Waals surface area contributed by atoms with Crippen LogP contribution >= 0.6 is 0 Å². The lowest BCUT2D eigenvalue weighted by Crippen LogP contribution is -2.53. The Labute approximate surface area is 164 Å². The van der Waals surface area contributed by atoms with Crippen LogP contribution in [-0.2, 0) is 16.8 Å². The molecule has 2 aliphatic rings. The van der Waals surface area contributed by atoms with E-state index in [9.17, 15) is 14.9 Å². The van der Waals surface area contributed by atoms with Crippen LogP contribution in [0.5, 0.6) is 0 Å². The van der Waals surface area contributed by atoms with E-state index in [0.29, 0.717) is 6.54 Å². The van der Waals surface area contributed by atoms with Crippen molar-refractivity contribution in [2.24, 2.45) is 5.92 Å². The molecule has 142 valence electrons. The molecule has 0 bridgehead atoms. The molecule has 1 spiro atoms. The van der Waals surface area contributed by atoms with Crippen LogP contribution < -0.4 is 0 Å². The number of nitrogens with zero attached hydrogens (tertiary/aromatic N) is 2. The number of ketones is 1. The van der Waals surface area contributed by atoms with Gasteiger partial charge < -0.3 is 0 Å². The number of hydrogen-bond acceptors (Lipinski definition) is 4. The monoisotopic (exact) mass is 374 g/mol. The number of benzene rings is 2. The minimum Gasteiger partial charge on any atom is -0.298 e. The van der Waals surface area contributed by atoms with Gasteiger partial charge in [-0.3, -0.25) is 19.8 Å². The summed E-state index contributed by atoms with van der Waals surface area (Å²) in [6.07, 6.45) is 6.27. The highest BCUT2D eigenvalue weighted by Gasteiger charge is 2.49. The van der Waals surface area contributed by atoms with Crippen LogP contribution in [0.15, 0.2) is 67.3 Å². The molecule has 5 heteroatoms. The van der Waals surface area contributed by atoms with Gasteiger partial charge in [-0.15, -0.1) is 6.58 Å². The quantitative estimate of drug-likeness (QED) is 0.458. The van der Waals surface area contributed by atoms with E-state index in [0.717, 1.165) is 36.2 Å². The highest BCUT2D eigenvalue weighted by molar-refractivity contribution is 6.05. The van der Waals surface area contributed by atoms with Gasteiger partial charge in [0.15, 0.2) is 5.78 Å². The van der Waals surface area contributed by atoms with Gasteiger partial charge in [0.2, 0.25) is 0 Å². The second-order valence-corrected chi connectivity index (χ2v) is 7.51. The van der Waals surface area contributed by atoms with Gasteiger partial charge in [-0.25, -0.2) is 0 Å². The number of fused-ring (bicyclic) bond motifs is 2. The molecule has 2 aromatic rings. The van der Waals surface area contributed by atoms with Crippen molar-refractivity contribution in [3.05, 3.63) is 94.1 Å². The topological polar surface area (TPSA) is 63.4 Å². The number of non-ortho nitro benzene ring substituents is 1. The molecule has 0 amide bonds. The SMILES string of the molecule is C=CC1CN(Cc2ccc([N+](=O)[O-])cc2)CCC12C(=O)C=Cc1ccccc12. The molecule has 2 atom stereocenters. The van der Waals surface area contributed by atoms with Crippen LogP contribution in [0.3, 0.4) is 0 Å². The van der Waals surface area contributed by atoms with E-state index in [1.54, 1.807) is 18.2 Å². The van der Waals surface area contributed by atoms with E-state index in [1.807, 2.05) is 24.3 Å². The molecule has 1 aliphatic carbocycles. The zero-order valence-corrected chi connectivity index (χ0v) is 15.6. The molecular weight excluding hydrogens is 352 g/mol. The maximum atomic E-state index is 13.1. The maximum Gasteiger partial charge on any atom is 0.269 e. The molecule has 1 fully saturated rings. The van der Waals surface area contributed by atoms with Crippen molar-refractivity contribution in [3.63, 3.8) is 0 Å². The highest BCUT2D eigenvalue weighted by Crippen LogP contribution is 2.45. The summed E-state index contributed by atoms with van der Waals surface area (Å²) in [5.74, 6) is 0.170. The summed E-state index contributed by atoms with van der Waals surface area (Å²) >= 11 is 0. The Hall–Kier alpha value is -3.05. The fourth-order valence-electron chi connectivity index (χ4n) is 4.58. The Morgan fingerprint density at radius 2 is 1.93 bits per heavy atom. The third-order valence-corrected chi connectivity index (χ3v) is 6.04. The standard InChI is InChI=1S/C23H22N2O3/c1-2-19-16-24(15-17-7-10-20(11-8-17)25(27)28)14-13-23(19)21-6-4-3-5-18(21)9-12-22(23)26/h2-12,19H,1,13-16H2. The van der Waals surface area contributed by atoms with Gasteiger partial charge in [-0.1, -0.05) is 48.6 Å². The molecule has 4 rings (SSSR count). The van der Waals surface area contributed by atoms with Gasteiger partial charge in [0.05, 0.1) is 10.3 Å². The van der Waals surface area contributed by atoms with Gasteiger partial charge in [0, 0.05) is 31.1 Å². The molecule has 0 radical (unpaired) electrons. The Morgan fingerprint density at radius 3 is 2.64 bits per heavy atom. The molecule has 0 aromatic heterocycles. The van der Waals surface area contributed by atoms with Crippen molar-refractivity contribution >= 4 is 17.5 Å². The number of nitro benzene ring substituents is 1. The van der Waals surface area contributed by atoms with Gasteiger partial charge in [0.25, 0.3) is 5.69 Å². The maximum absolute atomic E-state index is 13.1. The lowest BCUT2D eigenvalue weighted by Gasteiger charge is -2.47. The molecule has 1 heterocycles. The van der Waals surface area contributed by atoms with E-state index in [2.05, 4.69) is 23.6 Å². The molecule has 2 aromatic carbocycles. The summed E-state index contributed by atoms with van der Waals surface area (Å²) in [7, 11) is 0. The first-order chi connectivity index (χ1) is 13.5. The molecule has 5 nitrogen and oxygen atoms in total. The van der Waals surface area contributed by atoms with Crippen LogP contribution in [0.25, 0.3) is 6.08 Å². The third-order valence-electron chi connectivity index (χ3n) is 6.04. The summed E-state index contributed by atoms with van der Waals surface area (Å²) in [5, 5.41) is 10.8. The Kier molecular flexibility index (Phi) is 4.69. The number of allylic oxidation sites excluding steroid dienone is 1. The fourth-order valence-corrected chi connectivity index (χ4v) is 4.58. The van der Waals surface area contributed by atoms with Crippen molar-refractivity contribution in [1.29, 1.82) is 0 Å². The van der Waals surface area contributed by atoms with E-state index < -0.39 is 5.41 Å². The number of carbonyl (C=O) groups is 1. The summed E-state index contributed by atoms with van der Waals surface area (Å²) in [6, 6.07) is 14.8. The second kappa shape index (κ2) is 7.17. The average Bonchev–Trinajstić information content (AvgIpc) is 2.72. The summed E-state index contributed by atoms with van der Waals surface area (Å²) in [6.45, 7) is 6.25. The van der Waals surface area contributed by atoms with Gasteiger partial charge >= 0.3 is 0 Å². The number of carbonyl (C=O) groups excluding carboxylic acids is 1. The first-order valence-electron chi connectivity index (χ1n) is 9.45. The van der Waals surface area contributed by atoms with Crippen LogP contribution in [0, 0.1) is 16.0 Å². The van der Waals surface area contributed by atoms with Gasteiger partial charge in [-0.05, 0) is 35.7 Å². The minimum atomic E-state index is -0.543. The zero-order chi connectivity index (χ0) is 19.7. The molecular formula is C23H22N2O3. The first-order valence-corrected chi connectivity index (χ1v) is 9.45. The molecule has 2 unspecified atom stereocenters. The van der Waals surface area contributed by atoms with Gasteiger partial charge in [-0.2, -0.15) is 0 Å². The number of likely N-dealkylation sites (tertiary alicyclic amines) is 1. The fraction of sp³-hybridized carbons (Fsp3) is 0.261. The van der Waals surface area contributed by atoms with E-state index >= 15 is 0 Å². The van der Waals surface area contributed by atoms with Crippen molar-refractivity contribution < 1.29 is 9.72 Å². The minimum absolute atomic E-state index is 0.0119. The molecule has 1 saturated heterocycles. The predicted molar refractivity (Wildman–Crippen MR) is 109 cm³/mol. The van der Waals surface area contributed by atoms with E-state index in [-0.39, 0.29) is 22.3 Å². The van der Waals surface area contributed by atoms with Crippen molar-refractivity contribution in [2.45, 2.75) is 18.4 Å². The van der Waals surface area contributed by atoms with Gasteiger partial charge in [0.1, 0.15) is 0 Å². The van der Waals surface area contributed by atoms with Crippen LogP contribution in [-0.4, -0.2) is 28.7 Å². The molecule has 28 heavy (non-hydrogen) atoms. The number of piperidine rings is 1. The average molecular weight is 374 g/mol. The van der Waals surface area contributed by atoms with Crippen molar-refractivity contribution in [1.82, 2.24) is 4.90 Å². The lowest BCUT2D eigenvalue weighted by molar-refractivity contribution is -0.384. The summed E-state index contributed by atoms with van der Waals surface area (Å²) in [5.41, 5.74) is 2.79. The number of rotatable bonds is 4. The second-order valence-electron chi connectivity index (χ2n) is 7.51. The van der Waals surface area contributed by atoms with E-state index in [4.69, 9.17) is 0 Å². The van der Waals surface area contributed by atoms with E-state index in [1.165, 1.54) is 12.1 Å². The lowest BCUT2D eigenvalue weighted by atomic mass is 9.60. The Bertz CT molecular complexity index is 964. The summed E-state index contributed by atoms with van der Waals surface area (Å²) < 4.78 is 0. The number of hydrogen-bond donors (Lipinski definition) is 0. The smallest absolute Gasteiger partial charge is 0.269 e. The largest absolute Gasteiger partial charge is 0.298 e. The Morgan fingerprint density at radius 1 is 1.18 bits per heavy atom. The molecule has 0 N–H and O–H groups in total. The predicted octanol–water partition coefficient (Wildman–Crippen LogP) is 4.14. The summed E-state index contributed by atoms with van der Waals surface area (Å²) in [4.78, 5) is 25.8. The first kappa shape index (κ1) is 18.3. The third kappa shape index (κ3) is 2.98. The van der Waals surface area contributed by atoms with Crippen molar-refractivity contribution in [2.75, 3.05) is 13.1 Å². The number of nitro groups is 1. The highest BCUT2D eigenvalue weighted by atomic mass is 16.6. The Balaban J connectivity index is 1.58. The van der Waals surface area contributed by atoms with Crippen LogP contribution in [0.2, 0.25) is 0 Å². The normalized spacial score (nSPS) is 24.1. The van der Waals surface area contributed by atoms with Crippen LogP contribution in [0.4, 0.5) is 5.69 Å². The zero-order valence-electron chi connectivity index (χ0n) is 15.6. The van der Waals surface area contributed by atoms with Crippen LogP contribution in [0.1, 0.15) is 23.1 Å². The molecule has 0 saturated carbocycles. The molecule has 1 aliphatic heterocycles. The van der Waals surface area contributed by atoms with Crippen molar-refractivity contribution in [3.8, 4) is 0 Å².